The molecule has 6 heteroatoms. The summed E-state index contributed by atoms with van der Waals surface area (Å²) in [6.07, 6.45) is 0. The molecule has 146 valence electrons. The number of thioether (sulfide) groups is 1. The van der Waals surface area contributed by atoms with Gasteiger partial charge in [0.1, 0.15) is 11.5 Å². The van der Waals surface area contributed by atoms with Crippen molar-refractivity contribution in [2.45, 2.75) is 26.1 Å². The first-order chi connectivity index (χ1) is 13.5. The first-order valence-electron chi connectivity index (χ1n) is 9.06. The van der Waals surface area contributed by atoms with Crippen molar-refractivity contribution in [1.82, 2.24) is 10.3 Å². The fourth-order valence-corrected chi connectivity index (χ4v) is 3.49. The van der Waals surface area contributed by atoms with Gasteiger partial charge >= 0.3 is 0 Å². The van der Waals surface area contributed by atoms with E-state index < -0.39 is 0 Å². The summed E-state index contributed by atoms with van der Waals surface area (Å²) in [4.78, 5) is 16.6. The maximum absolute atomic E-state index is 12.1. The third kappa shape index (κ3) is 5.39. The highest BCUT2D eigenvalue weighted by atomic mass is 32.2. The van der Waals surface area contributed by atoms with Crippen molar-refractivity contribution in [3.8, 4) is 17.2 Å². The van der Waals surface area contributed by atoms with E-state index in [0.717, 1.165) is 28.3 Å². The molecule has 0 bridgehead atoms. The van der Waals surface area contributed by atoms with Gasteiger partial charge in [-0.25, -0.2) is 4.98 Å². The smallest absolute Gasteiger partial charge is 0.230 e. The van der Waals surface area contributed by atoms with E-state index in [1.807, 2.05) is 62.4 Å². The van der Waals surface area contributed by atoms with Gasteiger partial charge in [-0.15, -0.1) is 11.8 Å². The van der Waals surface area contributed by atoms with Gasteiger partial charge in [0.05, 0.1) is 18.6 Å². The average Bonchev–Trinajstić information content (AvgIpc) is 3.08. The molecule has 5 nitrogen and oxygen atoms in total. The summed E-state index contributed by atoms with van der Waals surface area (Å²) >= 11 is 1.52. The molecule has 0 aliphatic heterocycles. The molecule has 3 rings (SSSR count). The Labute approximate surface area is 169 Å². The number of carbonyl (C=O) groups is 1. The van der Waals surface area contributed by atoms with Crippen molar-refractivity contribution in [3.05, 3.63) is 71.1 Å². The van der Waals surface area contributed by atoms with Crippen LogP contribution in [0.4, 0.5) is 0 Å². The van der Waals surface area contributed by atoms with Gasteiger partial charge in [0, 0.05) is 17.9 Å². The van der Waals surface area contributed by atoms with Crippen LogP contribution in [0.1, 0.15) is 22.6 Å². The zero-order valence-electron chi connectivity index (χ0n) is 16.3. The molecule has 3 aromatic rings. The number of nitrogens with zero attached hydrogens (tertiary/aromatic N) is 1. The number of ether oxygens (including phenoxy) is 1. The number of rotatable bonds is 8. The van der Waals surface area contributed by atoms with E-state index in [-0.39, 0.29) is 5.91 Å². The minimum Gasteiger partial charge on any atom is -0.497 e. The fourth-order valence-electron chi connectivity index (χ4n) is 2.64. The van der Waals surface area contributed by atoms with Crippen molar-refractivity contribution in [2.75, 3.05) is 12.9 Å². The highest BCUT2D eigenvalue weighted by Crippen LogP contribution is 2.26. The Kier molecular flexibility index (Phi) is 6.76. The van der Waals surface area contributed by atoms with Gasteiger partial charge in [-0.1, -0.05) is 35.9 Å². The molecular weight excluding hydrogens is 372 g/mol. The van der Waals surface area contributed by atoms with Crippen LogP contribution in [0.2, 0.25) is 0 Å². The van der Waals surface area contributed by atoms with Gasteiger partial charge in [0.25, 0.3) is 0 Å². The Hall–Kier alpha value is -2.73. The molecule has 0 saturated heterocycles. The minimum absolute atomic E-state index is 0.0137. The summed E-state index contributed by atoms with van der Waals surface area (Å²) < 4.78 is 11.0. The minimum atomic E-state index is 0.0137. The zero-order chi connectivity index (χ0) is 19.9. The number of oxazole rings is 1. The lowest BCUT2D eigenvalue weighted by Crippen LogP contribution is -2.24. The topological polar surface area (TPSA) is 64.4 Å². The Morgan fingerprint density at radius 3 is 2.71 bits per heavy atom. The van der Waals surface area contributed by atoms with E-state index in [4.69, 9.17) is 9.15 Å². The maximum atomic E-state index is 12.1. The summed E-state index contributed by atoms with van der Waals surface area (Å²) in [7, 11) is 1.63. The van der Waals surface area contributed by atoms with Crippen LogP contribution in [0.3, 0.4) is 0 Å². The van der Waals surface area contributed by atoms with Crippen LogP contribution in [0, 0.1) is 13.8 Å². The van der Waals surface area contributed by atoms with Crippen molar-refractivity contribution in [1.29, 1.82) is 0 Å². The van der Waals surface area contributed by atoms with E-state index in [1.165, 1.54) is 17.3 Å². The maximum Gasteiger partial charge on any atom is 0.230 e. The molecule has 0 saturated carbocycles. The number of benzene rings is 2. The fraction of sp³-hybridized carbons (Fsp3) is 0.273. The molecule has 28 heavy (non-hydrogen) atoms. The van der Waals surface area contributed by atoms with Crippen LogP contribution in [0.25, 0.3) is 11.5 Å². The number of hydrogen-bond acceptors (Lipinski definition) is 5. The van der Waals surface area contributed by atoms with Crippen molar-refractivity contribution >= 4 is 17.7 Å². The van der Waals surface area contributed by atoms with Gasteiger partial charge in [-0.2, -0.15) is 0 Å². The SMILES string of the molecule is COc1cccc(-c2nc(CSCC(=O)NCc3ccc(C)cc3)c(C)o2)c1. The monoisotopic (exact) mass is 396 g/mol. The first kappa shape index (κ1) is 20.0. The summed E-state index contributed by atoms with van der Waals surface area (Å²) in [5.74, 6) is 3.11. The second-order valence-electron chi connectivity index (χ2n) is 6.51. The van der Waals surface area contributed by atoms with E-state index in [9.17, 15) is 4.79 Å². The molecule has 1 amide bonds. The van der Waals surface area contributed by atoms with E-state index >= 15 is 0 Å². The molecule has 1 aromatic heterocycles. The highest BCUT2D eigenvalue weighted by Gasteiger charge is 2.13. The van der Waals surface area contributed by atoms with Gasteiger partial charge in [0.15, 0.2) is 0 Å². The first-order valence-corrected chi connectivity index (χ1v) is 10.2. The normalized spacial score (nSPS) is 10.7. The molecule has 1 heterocycles. The van der Waals surface area contributed by atoms with Crippen molar-refractivity contribution in [3.63, 3.8) is 0 Å². The third-order valence-corrected chi connectivity index (χ3v) is 5.24. The highest BCUT2D eigenvalue weighted by molar-refractivity contribution is 7.99. The molecule has 2 aromatic carbocycles. The largest absolute Gasteiger partial charge is 0.497 e. The van der Waals surface area contributed by atoms with Crippen molar-refractivity contribution in [2.24, 2.45) is 0 Å². The predicted molar refractivity (Wildman–Crippen MR) is 112 cm³/mol. The van der Waals surface area contributed by atoms with Crippen LogP contribution >= 0.6 is 11.8 Å². The Morgan fingerprint density at radius 2 is 1.96 bits per heavy atom. The molecule has 0 fully saturated rings. The molecule has 0 atom stereocenters. The second kappa shape index (κ2) is 9.46. The van der Waals surface area contributed by atoms with E-state index in [1.54, 1.807) is 7.11 Å². The van der Waals surface area contributed by atoms with Gasteiger partial charge < -0.3 is 14.5 Å². The van der Waals surface area contributed by atoms with Gasteiger partial charge in [-0.3, -0.25) is 4.79 Å². The summed E-state index contributed by atoms with van der Waals surface area (Å²) in [6.45, 7) is 4.48. The summed E-state index contributed by atoms with van der Waals surface area (Å²) in [6, 6.07) is 15.8. The predicted octanol–water partition coefficient (Wildman–Crippen LogP) is 4.52. The van der Waals surface area contributed by atoms with Gasteiger partial charge in [0.2, 0.25) is 11.8 Å². The zero-order valence-corrected chi connectivity index (χ0v) is 17.1. The van der Waals surface area contributed by atoms with Crippen LogP contribution in [-0.4, -0.2) is 23.8 Å². The third-order valence-electron chi connectivity index (χ3n) is 4.29. The lowest BCUT2D eigenvalue weighted by atomic mass is 10.1. The van der Waals surface area contributed by atoms with E-state index in [2.05, 4.69) is 10.3 Å². The van der Waals surface area contributed by atoms with Crippen LogP contribution in [0.15, 0.2) is 52.9 Å². The number of aromatic nitrogens is 1. The number of carbonyl (C=O) groups excluding carboxylic acids is 1. The Bertz CT molecular complexity index is 935. The molecule has 0 aliphatic carbocycles. The Balaban J connectivity index is 1.50. The molecule has 0 unspecified atom stereocenters. The second-order valence-corrected chi connectivity index (χ2v) is 7.49. The number of hydrogen-bond donors (Lipinski definition) is 1. The standard InChI is InChI=1S/C22H24N2O3S/c1-15-7-9-17(10-8-15)12-23-21(25)14-28-13-20-16(2)27-22(24-20)18-5-4-6-19(11-18)26-3/h4-11H,12-14H2,1-3H3,(H,23,25). The molecule has 0 spiro atoms. The number of amides is 1. The average molecular weight is 397 g/mol. The molecule has 1 N–H and O–H groups in total. The molecular formula is C22H24N2O3S. The van der Waals surface area contributed by atoms with Crippen molar-refractivity contribution < 1.29 is 13.9 Å². The quantitative estimate of drug-likeness (QED) is 0.607. The van der Waals surface area contributed by atoms with E-state index in [0.29, 0.717) is 23.9 Å². The van der Waals surface area contributed by atoms with Crippen LogP contribution < -0.4 is 10.1 Å². The lowest BCUT2D eigenvalue weighted by Gasteiger charge is -2.05. The molecule has 0 radical (unpaired) electrons. The Morgan fingerprint density at radius 1 is 1.18 bits per heavy atom. The number of nitrogens with one attached hydrogen (secondary N) is 1. The summed E-state index contributed by atoms with van der Waals surface area (Å²) in [5.41, 5.74) is 4.03. The summed E-state index contributed by atoms with van der Waals surface area (Å²) in [5, 5.41) is 2.95. The van der Waals surface area contributed by atoms with Crippen LogP contribution in [0.5, 0.6) is 5.75 Å². The van der Waals surface area contributed by atoms with Crippen LogP contribution in [-0.2, 0) is 17.1 Å². The number of methoxy groups -OCH3 is 1. The number of aryl methyl sites for hydroxylation is 2. The lowest BCUT2D eigenvalue weighted by molar-refractivity contribution is -0.118. The van der Waals surface area contributed by atoms with Gasteiger partial charge in [-0.05, 0) is 37.6 Å². The molecule has 0 aliphatic rings.